The summed E-state index contributed by atoms with van der Waals surface area (Å²) in [5, 5.41) is 6.68. The van der Waals surface area contributed by atoms with Gasteiger partial charge in [0.15, 0.2) is 0 Å². The number of amides is 1. The molecule has 0 radical (unpaired) electrons. The highest BCUT2D eigenvalue weighted by Gasteiger charge is 2.15. The van der Waals surface area contributed by atoms with Gasteiger partial charge in [0.05, 0.1) is 11.8 Å². The zero-order valence-electron chi connectivity index (χ0n) is 14.8. The second-order valence-corrected chi connectivity index (χ2v) is 7.37. The Kier molecular flexibility index (Phi) is 6.07. The molecular formula is C20H21N3O2S. The molecule has 6 heteroatoms. The van der Waals surface area contributed by atoms with Crippen LogP contribution in [0.1, 0.15) is 23.9 Å². The zero-order valence-corrected chi connectivity index (χ0v) is 15.6. The predicted octanol–water partition coefficient (Wildman–Crippen LogP) is 3.98. The second-order valence-electron chi connectivity index (χ2n) is 6.04. The third-order valence-corrected chi connectivity index (χ3v) is 5.08. The van der Waals surface area contributed by atoms with Crippen molar-refractivity contribution in [1.29, 1.82) is 0 Å². The Morgan fingerprint density at radius 3 is 2.77 bits per heavy atom. The summed E-state index contributed by atoms with van der Waals surface area (Å²) in [4.78, 5) is 16.6. The summed E-state index contributed by atoms with van der Waals surface area (Å²) in [5.41, 5.74) is 3.24. The first-order valence-corrected chi connectivity index (χ1v) is 9.49. The van der Waals surface area contributed by atoms with Crippen LogP contribution in [0.25, 0.3) is 11.4 Å². The van der Waals surface area contributed by atoms with Crippen LogP contribution in [0.15, 0.2) is 59.1 Å². The molecule has 1 heterocycles. The maximum absolute atomic E-state index is 12.2. The van der Waals surface area contributed by atoms with Crippen LogP contribution >= 0.6 is 11.8 Å². The first kappa shape index (κ1) is 18.2. The summed E-state index contributed by atoms with van der Waals surface area (Å²) in [7, 11) is 0. The molecule has 134 valence electrons. The highest BCUT2D eigenvalue weighted by molar-refractivity contribution is 7.99. The van der Waals surface area contributed by atoms with E-state index in [0.717, 1.165) is 16.9 Å². The van der Waals surface area contributed by atoms with Crippen LogP contribution in [0.4, 0.5) is 0 Å². The molecule has 1 aromatic heterocycles. The van der Waals surface area contributed by atoms with Gasteiger partial charge in [-0.1, -0.05) is 59.3 Å². The highest BCUT2D eigenvalue weighted by Crippen LogP contribution is 2.19. The van der Waals surface area contributed by atoms with Crippen molar-refractivity contribution in [2.24, 2.45) is 0 Å². The van der Waals surface area contributed by atoms with Crippen molar-refractivity contribution in [2.75, 3.05) is 0 Å². The summed E-state index contributed by atoms with van der Waals surface area (Å²) in [5.74, 6) is 1.69. The van der Waals surface area contributed by atoms with Gasteiger partial charge in [0.2, 0.25) is 17.6 Å². The first-order chi connectivity index (χ1) is 12.6. The van der Waals surface area contributed by atoms with Crippen LogP contribution in [-0.4, -0.2) is 21.3 Å². The van der Waals surface area contributed by atoms with E-state index in [1.54, 1.807) is 11.8 Å². The van der Waals surface area contributed by atoms with Gasteiger partial charge in [0.1, 0.15) is 0 Å². The molecule has 0 saturated carbocycles. The normalized spacial score (nSPS) is 11.9. The van der Waals surface area contributed by atoms with Gasteiger partial charge >= 0.3 is 0 Å². The van der Waals surface area contributed by atoms with E-state index in [9.17, 15) is 4.79 Å². The number of aryl methyl sites for hydroxylation is 1. The van der Waals surface area contributed by atoms with Crippen molar-refractivity contribution in [1.82, 2.24) is 15.5 Å². The van der Waals surface area contributed by atoms with Crippen LogP contribution in [0.3, 0.4) is 0 Å². The second kappa shape index (κ2) is 8.67. The SMILES string of the molecule is Cc1cccc(-c2noc(CNC(=O)[C@@H](C)SCc3ccccc3)n2)c1. The predicted molar refractivity (Wildman–Crippen MR) is 104 cm³/mol. The lowest BCUT2D eigenvalue weighted by molar-refractivity contribution is -0.120. The molecule has 0 spiro atoms. The van der Waals surface area contributed by atoms with E-state index >= 15 is 0 Å². The molecule has 0 aliphatic heterocycles. The van der Waals surface area contributed by atoms with E-state index in [-0.39, 0.29) is 17.7 Å². The van der Waals surface area contributed by atoms with Crippen molar-refractivity contribution >= 4 is 17.7 Å². The molecule has 0 aliphatic rings. The minimum Gasteiger partial charge on any atom is -0.346 e. The van der Waals surface area contributed by atoms with Crippen LogP contribution in [0.2, 0.25) is 0 Å². The van der Waals surface area contributed by atoms with Crippen LogP contribution in [0.5, 0.6) is 0 Å². The van der Waals surface area contributed by atoms with E-state index in [2.05, 4.69) is 27.6 Å². The molecule has 0 aliphatic carbocycles. The lowest BCUT2D eigenvalue weighted by atomic mass is 10.1. The van der Waals surface area contributed by atoms with Crippen molar-refractivity contribution in [3.63, 3.8) is 0 Å². The van der Waals surface area contributed by atoms with Crippen molar-refractivity contribution < 1.29 is 9.32 Å². The molecule has 1 atom stereocenters. The quantitative estimate of drug-likeness (QED) is 0.684. The number of aromatic nitrogens is 2. The van der Waals surface area contributed by atoms with Gasteiger partial charge in [0.25, 0.3) is 0 Å². The largest absolute Gasteiger partial charge is 0.346 e. The van der Waals surface area contributed by atoms with Crippen molar-refractivity contribution in [3.05, 3.63) is 71.6 Å². The minimum atomic E-state index is -0.158. The monoisotopic (exact) mass is 367 g/mol. The summed E-state index contributed by atoms with van der Waals surface area (Å²) in [6.07, 6.45) is 0. The number of rotatable bonds is 7. The van der Waals surface area contributed by atoms with Crippen LogP contribution in [0, 0.1) is 6.92 Å². The molecule has 1 N–H and O–H groups in total. The average molecular weight is 367 g/mol. The number of benzene rings is 2. The molecule has 0 bridgehead atoms. The molecule has 3 aromatic rings. The van der Waals surface area contributed by atoms with Crippen LogP contribution < -0.4 is 5.32 Å². The zero-order chi connectivity index (χ0) is 18.4. The topological polar surface area (TPSA) is 68.0 Å². The van der Waals surface area contributed by atoms with Gasteiger partial charge in [0, 0.05) is 11.3 Å². The fourth-order valence-corrected chi connectivity index (χ4v) is 3.28. The van der Waals surface area contributed by atoms with E-state index in [1.807, 2.05) is 56.3 Å². The lowest BCUT2D eigenvalue weighted by Gasteiger charge is -2.10. The number of thioether (sulfide) groups is 1. The van der Waals surface area contributed by atoms with Gasteiger partial charge in [-0.3, -0.25) is 4.79 Å². The molecule has 3 rings (SSSR count). The molecule has 26 heavy (non-hydrogen) atoms. The van der Waals surface area contributed by atoms with Gasteiger partial charge < -0.3 is 9.84 Å². The van der Waals surface area contributed by atoms with Gasteiger partial charge in [-0.2, -0.15) is 4.98 Å². The van der Waals surface area contributed by atoms with E-state index < -0.39 is 0 Å². The van der Waals surface area contributed by atoms with E-state index in [4.69, 9.17) is 4.52 Å². The van der Waals surface area contributed by atoms with Gasteiger partial charge in [-0.05, 0) is 25.5 Å². The Morgan fingerprint density at radius 1 is 1.19 bits per heavy atom. The fraction of sp³-hybridized carbons (Fsp3) is 0.250. The Bertz CT molecular complexity index is 864. The summed E-state index contributed by atoms with van der Waals surface area (Å²) in [6.45, 7) is 4.14. The summed E-state index contributed by atoms with van der Waals surface area (Å²) >= 11 is 1.60. The highest BCUT2D eigenvalue weighted by atomic mass is 32.2. The van der Waals surface area contributed by atoms with Crippen molar-refractivity contribution in [3.8, 4) is 11.4 Å². The Morgan fingerprint density at radius 2 is 2.00 bits per heavy atom. The molecular weight excluding hydrogens is 346 g/mol. The smallest absolute Gasteiger partial charge is 0.246 e. The fourth-order valence-electron chi connectivity index (χ4n) is 2.41. The van der Waals surface area contributed by atoms with Gasteiger partial charge in [-0.25, -0.2) is 0 Å². The molecule has 1 amide bonds. The van der Waals surface area contributed by atoms with E-state index in [0.29, 0.717) is 11.7 Å². The van der Waals surface area contributed by atoms with E-state index in [1.165, 1.54) is 5.56 Å². The minimum absolute atomic E-state index is 0.0405. The maximum Gasteiger partial charge on any atom is 0.246 e. The Labute approximate surface area is 157 Å². The average Bonchev–Trinajstić information content (AvgIpc) is 3.14. The van der Waals surface area contributed by atoms with Gasteiger partial charge in [-0.15, -0.1) is 11.8 Å². The Hall–Kier alpha value is -2.60. The molecule has 2 aromatic carbocycles. The Balaban J connectivity index is 1.50. The first-order valence-electron chi connectivity index (χ1n) is 8.44. The molecule has 0 fully saturated rings. The number of carbonyl (C=O) groups is 1. The molecule has 0 unspecified atom stereocenters. The standard InChI is InChI=1S/C20H21N3O2S/c1-14-7-6-10-17(11-14)19-22-18(25-23-19)12-21-20(24)15(2)26-13-16-8-4-3-5-9-16/h3-11,15H,12-13H2,1-2H3,(H,21,24)/t15-/m1/s1. The number of carbonyl (C=O) groups excluding carboxylic acids is 1. The number of hydrogen-bond donors (Lipinski definition) is 1. The number of nitrogens with zero attached hydrogens (tertiary/aromatic N) is 2. The third kappa shape index (κ3) is 4.95. The summed E-state index contributed by atoms with van der Waals surface area (Å²) in [6, 6.07) is 18.0. The molecule has 0 saturated heterocycles. The maximum atomic E-state index is 12.2. The van der Waals surface area contributed by atoms with Crippen molar-refractivity contribution in [2.45, 2.75) is 31.4 Å². The number of hydrogen-bond acceptors (Lipinski definition) is 5. The van der Waals surface area contributed by atoms with Crippen LogP contribution in [-0.2, 0) is 17.1 Å². The lowest BCUT2D eigenvalue weighted by Crippen LogP contribution is -2.30. The molecule has 5 nitrogen and oxygen atoms in total. The number of nitrogens with one attached hydrogen (secondary N) is 1. The third-order valence-electron chi connectivity index (χ3n) is 3.87. The summed E-state index contributed by atoms with van der Waals surface area (Å²) < 4.78 is 5.24.